The van der Waals surface area contributed by atoms with Crippen LogP contribution in [0.1, 0.15) is 23.4 Å². The Labute approximate surface area is 152 Å². The van der Waals surface area contributed by atoms with Crippen molar-refractivity contribution in [1.29, 1.82) is 0 Å². The fraction of sp³-hybridized carbons (Fsp3) is 0.250. The molecule has 0 fully saturated rings. The zero-order valence-corrected chi connectivity index (χ0v) is 15.2. The molecule has 0 unspecified atom stereocenters. The highest BCUT2D eigenvalue weighted by atomic mass is 16.5. The molecular weight excluding hydrogens is 328 g/mol. The number of hydrogen-bond donors (Lipinski definition) is 1. The predicted octanol–water partition coefficient (Wildman–Crippen LogP) is 3.80. The number of para-hydroxylation sites is 1. The summed E-state index contributed by atoms with van der Waals surface area (Å²) in [6.07, 6.45) is 2.65. The van der Waals surface area contributed by atoms with Gasteiger partial charge in [0.05, 0.1) is 5.69 Å². The first-order chi connectivity index (χ1) is 12.5. The Kier molecular flexibility index (Phi) is 5.31. The summed E-state index contributed by atoms with van der Waals surface area (Å²) in [4.78, 5) is 16.6. The number of aromatic nitrogens is 3. The minimum atomic E-state index is -0.0847. The third-order valence-electron chi connectivity index (χ3n) is 4.26. The molecule has 26 heavy (non-hydrogen) atoms. The molecule has 0 aliphatic carbocycles. The van der Waals surface area contributed by atoms with Crippen molar-refractivity contribution in [3.05, 3.63) is 65.6 Å². The Morgan fingerprint density at radius 1 is 1.15 bits per heavy atom. The maximum Gasteiger partial charge on any atom is 0.243 e. The van der Waals surface area contributed by atoms with Crippen LogP contribution >= 0.6 is 0 Å². The van der Waals surface area contributed by atoms with Gasteiger partial charge in [0.2, 0.25) is 11.8 Å². The Hall–Kier alpha value is -3.15. The number of carbonyl (C=O) groups excluding carboxylic acids is 1. The Bertz CT molecular complexity index is 903. The number of anilines is 1. The summed E-state index contributed by atoms with van der Waals surface area (Å²) in [7, 11) is 1.91. The number of rotatable bonds is 6. The van der Waals surface area contributed by atoms with Gasteiger partial charge in [-0.2, -0.15) is 5.10 Å². The van der Waals surface area contributed by atoms with Crippen LogP contribution in [0.2, 0.25) is 0 Å². The highest BCUT2D eigenvalue weighted by Gasteiger charge is 2.13. The molecule has 1 N–H and O–H groups in total. The van der Waals surface area contributed by atoms with E-state index in [-0.39, 0.29) is 5.91 Å². The topological polar surface area (TPSA) is 69.0 Å². The van der Waals surface area contributed by atoms with E-state index in [0.717, 1.165) is 17.0 Å². The summed E-state index contributed by atoms with van der Waals surface area (Å²) in [5.74, 6) is 0.961. The largest absolute Gasteiger partial charge is 0.437 e. The molecule has 0 bridgehead atoms. The van der Waals surface area contributed by atoms with Gasteiger partial charge in [0.15, 0.2) is 0 Å². The maximum atomic E-state index is 12.4. The molecule has 3 aromatic rings. The van der Waals surface area contributed by atoms with Crippen LogP contribution in [0.25, 0.3) is 0 Å². The number of hydrogen-bond acceptors (Lipinski definition) is 4. The molecule has 3 rings (SSSR count). The molecule has 6 heteroatoms. The highest BCUT2D eigenvalue weighted by Crippen LogP contribution is 2.26. The smallest absolute Gasteiger partial charge is 0.243 e. The molecular formula is C20H22N4O2. The van der Waals surface area contributed by atoms with Crippen molar-refractivity contribution in [3.8, 4) is 11.6 Å². The molecule has 0 aliphatic heterocycles. The summed E-state index contributed by atoms with van der Waals surface area (Å²) in [6, 6.07) is 12.9. The van der Waals surface area contributed by atoms with Crippen molar-refractivity contribution in [2.75, 3.05) is 5.32 Å². The van der Waals surface area contributed by atoms with Gasteiger partial charge in [0.1, 0.15) is 11.4 Å². The van der Waals surface area contributed by atoms with Gasteiger partial charge >= 0.3 is 0 Å². The van der Waals surface area contributed by atoms with Crippen molar-refractivity contribution < 1.29 is 9.53 Å². The predicted molar refractivity (Wildman–Crippen MR) is 100 cm³/mol. The zero-order chi connectivity index (χ0) is 18.5. The molecule has 0 spiro atoms. The first-order valence-corrected chi connectivity index (χ1v) is 8.51. The van der Waals surface area contributed by atoms with Gasteiger partial charge in [-0.15, -0.1) is 0 Å². The van der Waals surface area contributed by atoms with Crippen molar-refractivity contribution in [2.24, 2.45) is 7.05 Å². The van der Waals surface area contributed by atoms with Gasteiger partial charge in [0.25, 0.3) is 0 Å². The molecule has 0 radical (unpaired) electrons. The SMILES string of the molecule is Cc1nn(C)c(C)c1CCC(=O)Nc1cccnc1Oc1ccccc1. The maximum absolute atomic E-state index is 12.4. The minimum absolute atomic E-state index is 0.0847. The molecule has 2 aromatic heterocycles. The molecule has 134 valence electrons. The van der Waals surface area contributed by atoms with E-state index >= 15 is 0 Å². The van der Waals surface area contributed by atoms with Crippen molar-refractivity contribution in [3.63, 3.8) is 0 Å². The second-order valence-corrected chi connectivity index (χ2v) is 6.09. The quantitative estimate of drug-likeness (QED) is 0.734. The normalized spacial score (nSPS) is 10.6. The summed E-state index contributed by atoms with van der Waals surface area (Å²) in [5, 5.41) is 7.28. The number of nitrogens with one attached hydrogen (secondary N) is 1. The summed E-state index contributed by atoms with van der Waals surface area (Å²) >= 11 is 0. The first kappa shape index (κ1) is 17.7. The lowest BCUT2D eigenvalue weighted by Crippen LogP contribution is -2.13. The van der Waals surface area contributed by atoms with Crippen molar-refractivity contribution >= 4 is 11.6 Å². The molecule has 1 amide bonds. The third kappa shape index (κ3) is 4.08. The fourth-order valence-corrected chi connectivity index (χ4v) is 2.80. The van der Waals surface area contributed by atoms with Crippen molar-refractivity contribution in [2.45, 2.75) is 26.7 Å². The van der Waals surface area contributed by atoms with Crippen LogP contribution in [-0.4, -0.2) is 20.7 Å². The number of pyridine rings is 1. The number of benzene rings is 1. The molecule has 0 saturated heterocycles. The van der Waals surface area contributed by atoms with Gasteiger partial charge in [-0.3, -0.25) is 9.48 Å². The van der Waals surface area contributed by atoms with Crippen LogP contribution < -0.4 is 10.1 Å². The molecule has 2 heterocycles. The Morgan fingerprint density at radius 2 is 1.92 bits per heavy atom. The van der Waals surface area contributed by atoms with E-state index in [2.05, 4.69) is 15.4 Å². The zero-order valence-electron chi connectivity index (χ0n) is 15.2. The second-order valence-electron chi connectivity index (χ2n) is 6.09. The number of aryl methyl sites for hydroxylation is 2. The molecule has 0 saturated carbocycles. The average molecular weight is 350 g/mol. The lowest BCUT2D eigenvalue weighted by Gasteiger charge is -2.11. The van der Waals surface area contributed by atoms with Gasteiger partial charge < -0.3 is 10.1 Å². The standard InChI is InChI=1S/C20H22N4O2/c1-14-17(15(2)24(3)23-14)11-12-19(25)22-18-10-7-13-21-20(18)26-16-8-5-4-6-9-16/h4-10,13H,11-12H2,1-3H3,(H,22,25). The summed E-state index contributed by atoms with van der Waals surface area (Å²) in [5.41, 5.74) is 3.73. The summed E-state index contributed by atoms with van der Waals surface area (Å²) in [6.45, 7) is 3.98. The van der Waals surface area contributed by atoms with Gasteiger partial charge in [-0.05, 0) is 50.1 Å². The molecule has 0 aliphatic rings. The van der Waals surface area contributed by atoms with E-state index < -0.39 is 0 Å². The van der Waals surface area contributed by atoms with E-state index in [9.17, 15) is 4.79 Å². The van der Waals surface area contributed by atoms with Gasteiger partial charge in [-0.25, -0.2) is 4.98 Å². The highest BCUT2D eigenvalue weighted by molar-refractivity contribution is 5.92. The minimum Gasteiger partial charge on any atom is -0.437 e. The molecule has 0 atom stereocenters. The van der Waals surface area contributed by atoms with Crippen LogP contribution in [0.4, 0.5) is 5.69 Å². The van der Waals surface area contributed by atoms with Crippen molar-refractivity contribution in [1.82, 2.24) is 14.8 Å². The fourth-order valence-electron chi connectivity index (χ4n) is 2.80. The number of amides is 1. The monoisotopic (exact) mass is 350 g/mol. The first-order valence-electron chi connectivity index (χ1n) is 8.51. The Morgan fingerprint density at radius 3 is 2.62 bits per heavy atom. The van der Waals surface area contributed by atoms with Gasteiger partial charge in [0, 0.05) is 25.4 Å². The van der Waals surface area contributed by atoms with E-state index in [1.165, 1.54) is 0 Å². The number of ether oxygens (including phenoxy) is 1. The number of carbonyl (C=O) groups is 1. The second kappa shape index (κ2) is 7.82. The third-order valence-corrected chi connectivity index (χ3v) is 4.26. The molecule has 1 aromatic carbocycles. The number of nitrogens with zero attached hydrogens (tertiary/aromatic N) is 3. The van der Waals surface area contributed by atoms with Crippen LogP contribution in [0.3, 0.4) is 0 Å². The lowest BCUT2D eigenvalue weighted by molar-refractivity contribution is -0.116. The lowest BCUT2D eigenvalue weighted by atomic mass is 10.1. The van der Waals surface area contributed by atoms with Crippen LogP contribution in [0.15, 0.2) is 48.7 Å². The van der Waals surface area contributed by atoms with Gasteiger partial charge in [-0.1, -0.05) is 18.2 Å². The van der Waals surface area contributed by atoms with E-state index in [1.54, 1.807) is 18.3 Å². The van der Waals surface area contributed by atoms with Crippen LogP contribution in [-0.2, 0) is 18.3 Å². The van der Waals surface area contributed by atoms with E-state index in [1.807, 2.05) is 55.9 Å². The van der Waals surface area contributed by atoms with E-state index in [4.69, 9.17) is 4.74 Å². The Balaban J connectivity index is 1.66. The van der Waals surface area contributed by atoms with Crippen LogP contribution in [0.5, 0.6) is 11.6 Å². The van der Waals surface area contributed by atoms with Crippen LogP contribution in [0, 0.1) is 13.8 Å². The molecule has 6 nitrogen and oxygen atoms in total. The van der Waals surface area contributed by atoms with E-state index in [0.29, 0.717) is 30.2 Å². The summed E-state index contributed by atoms with van der Waals surface area (Å²) < 4.78 is 7.62. The average Bonchev–Trinajstić information content (AvgIpc) is 2.88.